The number of rotatable bonds is 2. The molecule has 0 aromatic carbocycles. The average Bonchev–Trinajstić information content (AvgIpc) is 2.01. The predicted molar refractivity (Wildman–Crippen MR) is 48.3 cm³/mol. The molecular formula is C5H8N2O5S2. The Morgan fingerprint density at radius 1 is 1.64 bits per heavy atom. The van der Waals surface area contributed by atoms with Gasteiger partial charge in [0, 0.05) is 6.92 Å². The maximum Gasteiger partial charge on any atom is 0.415 e. The van der Waals surface area contributed by atoms with Crippen LogP contribution in [0.3, 0.4) is 0 Å². The van der Waals surface area contributed by atoms with Gasteiger partial charge in [-0.25, -0.2) is 0 Å². The van der Waals surface area contributed by atoms with Crippen LogP contribution in [0.1, 0.15) is 6.92 Å². The Kier molecular flexibility index (Phi) is 2.74. The molecule has 0 bridgehead atoms. The van der Waals surface area contributed by atoms with Gasteiger partial charge in [-0.05, 0) is 0 Å². The smallest absolute Gasteiger partial charge is 0.330 e. The van der Waals surface area contributed by atoms with Crippen LogP contribution in [0.15, 0.2) is 0 Å². The van der Waals surface area contributed by atoms with E-state index in [4.69, 9.17) is 5.73 Å². The number of β-lactam (4-membered cyclic amide) rings is 1. The zero-order valence-electron chi connectivity index (χ0n) is 7.08. The van der Waals surface area contributed by atoms with Gasteiger partial charge in [0.2, 0.25) is 0 Å². The maximum atomic E-state index is 11.1. The predicted octanol–water partition coefficient (Wildman–Crippen LogP) is -1.78. The van der Waals surface area contributed by atoms with Crippen molar-refractivity contribution in [2.45, 2.75) is 18.3 Å². The lowest BCUT2D eigenvalue weighted by Gasteiger charge is -2.39. The van der Waals surface area contributed by atoms with E-state index < -0.39 is 33.6 Å². The Bertz CT molecular complexity index is 378. The van der Waals surface area contributed by atoms with E-state index in [1.165, 1.54) is 0 Å². The highest BCUT2D eigenvalue weighted by molar-refractivity contribution is 7.87. The molecule has 0 spiro atoms. The van der Waals surface area contributed by atoms with Crippen LogP contribution in [0.4, 0.5) is 0 Å². The van der Waals surface area contributed by atoms with Crippen molar-refractivity contribution in [1.29, 1.82) is 0 Å². The summed E-state index contributed by atoms with van der Waals surface area (Å²) < 4.78 is 26.6. The van der Waals surface area contributed by atoms with E-state index in [0.29, 0.717) is 4.31 Å². The van der Waals surface area contributed by atoms with Gasteiger partial charge in [-0.15, -0.1) is 0 Å². The van der Waals surface area contributed by atoms with Crippen LogP contribution >= 0.6 is 12.6 Å². The summed E-state index contributed by atoms with van der Waals surface area (Å²) in [6, 6.07) is -0.983. The zero-order chi connectivity index (χ0) is 11.1. The largest absolute Gasteiger partial charge is 0.415 e. The number of hydrogen-bond donors (Lipinski definition) is 2. The second-order valence-corrected chi connectivity index (χ2v) is 4.55. The van der Waals surface area contributed by atoms with E-state index in [9.17, 15) is 18.0 Å². The number of amides is 1. The fourth-order valence-corrected chi connectivity index (χ4v) is 2.60. The standard InChI is InChI=1S/C5H8N2O5S2/c1-2(8)12-14(10,11)7-4(9)3(6)5(7)13/h3,5,13H,6H2,1H3. The van der Waals surface area contributed by atoms with Gasteiger partial charge in [0.1, 0.15) is 11.4 Å². The topological polar surface area (TPSA) is 107 Å². The molecule has 0 aromatic heterocycles. The molecule has 2 N–H and O–H groups in total. The number of carbonyl (C=O) groups excluding carboxylic acids is 2. The summed E-state index contributed by atoms with van der Waals surface area (Å²) in [6.45, 7) is 0.912. The minimum absolute atomic E-state index is 0.322. The van der Waals surface area contributed by atoms with E-state index in [1.54, 1.807) is 0 Å². The Hall–Kier alpha value is -0.800. The summed E-state index contributed by atoms with van der Waals surface area (Å²) >= 11 is 3.76. The summed E-state index contributed by atoms with van der Waals surface area (Å²) in [4.78, 5) is 21.4. The summed E-state index contributed by atoms with van der Waals surface area (Å²) in [5, 5.41) is -0.980. The Labute approximate surface area is 85.9 Å². The molecule has 80 valence electrons. The van der Waals surface area contributed by atoms with E-state index in [0.717, 1.165) is 6.92 Å². The molecule has 1 saturated heterocycles. The van der Waals surface area contributed by atoms with E-state index >= 15 is 0 Å². The molecule has 0 radical (unpaired) electrons. The summed E-state index contributed by atoms with van der Waals surface area (Å²) in [6.07, 6.45) is 0. The van der Waals surface area contributed by atoms with Crippen molar-refractivity contribution in [2.75, 3.05) is 0 Å². The van der Waals surface area contributed by atoms with Gasteiger partial charge in [0.15, 0.2) is 0 Å². The molecule has 9 heteroatoms. The third kappa shape index (κ3) is 1.70. The molecule has 14 heavy (non-hydrogen) atoms. The Balaban J connectivity index is 2.86. The van der Waals surface area contributed by atoms with Crippen molar-refractivity contribution in [1.82, 2.24) is 4.31 Å². The first-order chi connectivity index (χ1) is 6.27. The van der Waals surface area contributed by atoms with Crippen molar-refractivity contribution in [3.05, 3.63) is 0 Å². The first-order valence-corrected chi connectivity index (χ1v) is 5.37. The second-order valence-electron chi connectivity index (χ2n) is 2.61. The normalized spacial score (nSPS) is 27.1. The van der Waals surface area contributed by atoms with Crippen LogP contribution in [0.25, 0.3) is 0 Å². The quantitative estimate of drug-likeness (QED) is 0.436. The summed E-state index contributed by atoms with van der Waals surface area (Å²) in [5.41, 5.74) is 5.21. The zero-order valence-corrected chi connectivity index (χ0v) is 8.79. The van der Waals surface area contributed by atoms with Crippen LogP contribution in [-0.2, 0) is 24.1 Å². The van der Waals surface area contributed by atoms with Crippen LogP contribution in [-0.4, -0.2) is 36.0 Å². The summed E-state index contributed by atoms with van der Waals surface area (Å²) in [5.74, 6) is -1.87. The average molecular weight is 240 g/mol. The number of hydrogen-bond acceptors (Lipinski definition) is 7. The SMILES string of the molecule is CC(=O)OS(=O)(=O)N1C(=O)C(N)C1S. The highest BCUT2D eigenvalue weighted by Gasteiger charge is 2.51. The van der Waals surface area contributed by atoms with Crippen LogP contribution in [0.5, 0.6) is 0 Å². The fraction of sp³-hybridized carbons (Fsp3) is 0.600. The first-order valence-electron chi connectivity index (χ1n) is 3.49. The molecule has 2 unspecified atom stereocenters. The van der Waals surface area contributed by atoms with E-state index in [-0.39, 0.29) is 0 Å². The van der Waals surface area contributed by atoms with Crippen molar-refractivity contribution < 1.29 is 22.2 Å². The molecule has 1 heterocycles. The van der Waals surface area contributed by atoms with Crippen molar-refractivity contribution >= 4 is 34.8 Å². The van der Waals surface area contributed by atoms with Crippen LogP contribution in [0.2, 0.25) is 0 Å². The third-order valence-electron chi connectivity index (χ3n) is 1.53. The molecule has 0 saturated carbocycles. The van der Waals surface area contributed by atoms with Gasteiger partial charge in [0.05, 0.1) is 0 Å². The van der Waals surface area contributed by atoms with Gasteiger partial charge < -0.3 is 9.92 Å². The monoisotopic (exact) mass is 240 g/mol. The minimum Gasteiger partial charge on any atom is -0.330 e. The van der Waals surface area contributed by atoms with Crippen molar-refractivity contribution in [3.8, 4) is 0 Å². The van der Waals surface area contributed by atoms with Gasteiger partial charge in [0.25, 0.3) is 5.91 Å². The second kappa shape index (κ2) is 3.41. The van der Waals surface area contributed by atoms with Gasteiger partial charge in [-0.3, -0.25) is 9.59 Å². The number of thiol groups is 1. The molecule has 1 aliphatic heterocycles. The van der Waals surface area contributed by atoms with E-state index in [2.05, 4.69) is 16.8 Å². The fourth-order valence-electron chi connectivity index (χ4n) is 0.899. The number of nitrogens with two attached hydrogens (primary N) is 1. The van der Waals surface area contributed by atoms with Gasteiger partial charge >= 0.3 is 16.3 Å². The number of nitrogens with zero attached hydrogens (tertiary/aromatic N) is 1. The molecule has 1 rings (SSSR count). The lowest BCUT2D eigenvalue weighted by Crippen LogP contribution is -2.68. The van der Waals surface area contributed by atoms with Crippen LogP contribution in [0, 0.1) is 0 Å². The highest BCUT2D eigenvalue weighted by Crippen LogP contribution is 2.25. The maximum absolute atomic E-state index is 11.1. The number of carbonyl (C=O) groups is 2. The molecule has 0 aromatic rings. The molecule has 1 amide bonds. The van der Waals surface area contributed by atoms with E-state index in [1.807, 2.05) is 0 Å². The third-order valence-corrected chi connectivity index (χ3v) is 3.57. The lowest BCUT2D eigenvalue weighted by molar-refractivity contribution is -0.138. The molecule has 1 fully saturated rings. The molecule has 2 atom stereocenters. The lowest BCUT2D eigenvalue weighted by atomic mass is 10.2. The van der Waals surface area contributed by atoms with Crippen molar-refractivity contribution in [2.24, 2.45) is 5.73 Å². The van der Waals surface area contributed by atoms with Crippen molar-refractivity contribution in [3.63, 3.8) is 0 Å². The Morgan fingerprint density at radius 2 is 2.14 bits per heavy atom. The molecular weight excluding hydrogens is 232 g/mol. The molecule has 0 aliphatic carbocycles. The first kappa shape index (κ1) is 11.3. The van der Waals surface area contributed by atoms with Crippen LogP contribution < -0.4 is 5.73 Å². The van der Waals surface area contributed by atoms with Gasteiger partial charge in [-0.2, -0.15) is 25.4 Å². The molecule has 1 aliphatic rings. The highest BCUT2D eigenvalue weighted by atomic mass is 32.2. The van der Waals surface area contributed by atoms with Gasteiger partial charge in [-0.1, -0.05) is 0 Å². The minimum atomic E-state index is -4.38. The molecule has 7 nitrogen and oxygen atoms in total. The summed E-state index contributed by atoms with van der Waals surface area (Å²) in [7, 11) is -4.38. The Morgan fingerprint density at radius 3 is 2.50 bits per heavy atom.